The van der Waals surface area contributed by atoms with E-state index in [1.54, 1.807) is 48.3 Å². The molecular weight excluding hydrogens is 414 g/mol. The number of anilines is 1. The van der Waals surface area contributed by atoms with E-state index in [0.29, 0.717) is 22.8 Å². The molecule has 7 nitrogen and oxygen atoms in total. The van der Waals surface area contributed by atoms with Crippen molar-refractivity contribution in [2.45, 2.75) is 32.2 Å². The third-order valence-corrected chi connectivity index (χ3v) is 6.04. The summed E-state index contributed by atoms with van der Waals surface area (Å²) in [6.07, 6.45) is 7.43. The van der Waals surface area contributed by atoms with E-state index in [9.17, 15) is 9.59 Å². The maximum absolute atomic E-state index is 13.2. The van der Waals surface area contributed by atoms with Gasteiger partial charge in [-0.2, -0.15) is 0 Å². The first-order chi connectivity index (χ1) is 16.1. The number of nitrogens with zero attached hydrogens (tertiary/aromatic N) is 4. The summed E-state index contributed by atoms with van der Waals surface area (Å²) in [4.78, 5) is 34.7. The van der Waals surface area contributed by atoms with Crippen molar-refractivity contribution in [3.05, 3.63) is 89.8 Å². The molecular formula is C26H25N5O2. The van der Waals surface area contributed by atoms with Gasteiger partial charge in [-0.15, -0.1) is 0 Å². The van der Waals surface area contributed by atoms with Gasteiger partial charge in [0.15, 0.2) is 5.82 Å². The maximum atomic E-state index is 13.2. The summed E-state index contributed by atoms with van der Waals surface area (Å²) in [7, 11) is 1.78. The van der Waals surface area contributed by atoms with Gasteiger partial charge in [-0.05, 0) is 43.5 Å². The van der Waals surface area contributed by atoms with Gasteiger partial charge in [-0.1, -0.05) is 36.8 Å². The van der Waals surface area contributed by atoms with Crippen LogP contribution in [0.15, 0.2) is 67.0 Å². The smallest absolute Gasteiger partial charge is 0.276 e. The van der Waals surface area contributed by atoms with Crippen LogP contribution < -0.4 is 5.32 Å². The Balaban J connectivity index is 1.40. The predicted octanol–water partition coefficient (Wildman–Crippen LogP) is 4.49. The number of rotatable bonds is 5. The fraction of sp³-hybridized carbons (Fsp3) is 0.231. The summed E-state index contributed by atoms with van der Waals surface area (Å²) >= 11 is 0. The number of ketones is 1. The molecule has 2 aromatic heterocycles. The third kappa shape index (κ3) is 4.09. The van der Waals surface area contributed by atoms with Gasteiger partial charge in [-0.25, -0.2) is 9.97 Å². The third-order valence-electron chi connectivity index (χ3n) is 6.04. The quantitative estimate of drug-likeness (QED) is 0.465. The molecule has 1 aliphatic heterocycles. The number of carbonyl (C=O) groups excluding carboxylic acids is 2. The fourth-order valence-corrected chi connectivity index (χ4v) is 4.32. The number of amides is 1. The number of nitrogens with one attached hydrogen (secondary N) is 1. The van der Waals surface area contributed by atoms with Crippen LogP contribution in [0.3, 0.4) is 0 Å². The Labute approximate surface area is 192 Å². The normalized spacial score (nSPS) is 13.2. The van der Waals surface area contributed by atoms with Gasteiger partial charge in [0.25, 0.3) is 5.91 Å². The highest BCUT2D eigenvalue weighted by molar-refractivity contribution is 6.07. The lowest BCUT2D eigenvalue weighted by Crippen LogP contribution is -2.15. The van der Waals surface area contributed by atoms with Crippen LogP contribution in [0, 0.1) is 0 Å². The fourth-order valence-electron chi connectivity index (χ4n) is 4.32. The van der Waals surface area contributed by atoms with Crippen molar-refractivity contribution >= 4 is 17.4 Å². The molecule has 0 radical (unpaired) electrons. The summed E-state index contributed by atoms with van der Waals surface area (Å²) in [5.74, 6) is 0.827. The molecule has 1 aliphatic rings. The van der Waals surface area contributed by atoms with Crippen LogP contribution in [-0.4, -0.2) is 30.8 Å². The average molecular weight is 440 g/mol. The Hall–Kier alpha value is -4.00. The second-order valence-corrected chi connectivity index (χ2v) is 8.28. The number of aryl methyl sites for hydroxylation is 1. The van der Waals surface area contributed by atoms with Gasteiger partial charge >= 0.3 is 0 Å². The lowest BCUT2D eigenvalue weighted by Gasteiger charge is -2.09. The summed E-state index contributed by atoms with van der Waals surface area (Å²) in [5, 5.41) is 2.96. The van der Waals surface area contributed by atoms with Crippen molar-refractivity contribution in [2.75, 3.05) is 5.32 Å². The Bertz CT molecular complexity index is 1300. The number of carbonyl (C=O) groups is 2. The zero-order valence-electron chi connectivity index (χ0n) is 18.5. The molecule has 0 fully saturated rings. The minimum Gasteiger partial charge on any atom is -0.331 e. The number of benzene rings is 2. The van der Waals surface area contributed by atoms with E-state index in [4.69, 9.17) is 4.98 Å². The van der Waals surface area contributed by atoms with Crippen LogP contribution in [0.25, 0.3) is 11.4 Å². The van der Waals surface area contributed by atoms with Crippen LogP contribution in [0.5, 0.6) is 0 Å². The highest BCUT2D eigenvalue weighted by Crippen LogP contribution is 2.27. The minimum absolute atomic E-state index is 0.160. The molecule has 2 aromatic carbocycles. The van der Waals surface area contributed by atoms with Crippen LogP contribution in [-0.2, 0) is 20.0 Å². The molecule has 0 bridgehead atoms. The van der Waals surface area contributed by atoms with E-state index in [1.807, 2.05) is 30.3 Å². The second kappa shape index (κ2) is 8.86. The largest absolute Gasteiger partial charge is 0.331 e. The highest BCUT2D eigenvalue weighted by Gasteiger charge is 2.24. The SMILES string of the molecule is Cn1ccnc1C(=O)c1ccc(NC(=O)c2nc(-c3ccccc3)n3c2CCCCC3)cc1. The van der Waals surface area contributed by atoms with Crippen molar-refractivity contribution in [3.8, 4) is 11.4 Å². The topological polar surface area (TPSA) is 81.8 Å². The summed E-state index contributed by atoms with van der Waals surface area (Å²) in [6.45, 7) is 0.865. The molecule has 33 heavy (non-hydrogen) atoms. The van der Waals surface area contributed by atoms with Gasteiger partial charge in [-0.3, -0.25) is 9.59 Å². The van der Waals surface area contributed by atoms with Crippen LogP contribution in [0.1, 0.15) is 51.6 Å². The molecule has 4 aromatic rings. The average Bonchev–Trinajstić information content (AvgIpc) is 3.35. The first-order valence-electron chi connectivity index (χ1n) is 11.2. The molecule has 3 heterocycles. The maximum Gasteiger partial charge on any atom is 0.276 e. The number of hydrogen-bond donors (Lipinski definition) is 1. The van der Waals surface area contributed by atoms with Crippen molar-refractivity contribution in [2.24, 2.45) is 7.05 Å². The molecule has 0 spiro atoms. The molecule has 0 unspecified atom stereocenters. The van der Waals surface area contributed by atoms with Crippen molar-refractivity contribution < 1.29 is 9.59 Å². The molecule has 0 saturated heterocycles. The van der Waals surface area contributed by atoms with Gasteiger partial charge < -0.3 is 14.5 Å². The second-order valence-electron chi connectivity index (χ2n) is 8.28. The number of imidazole rings is 2. The van der Waals surface area contributed by atoms with E-state index in [2.05, 4.69) is 14.9 Å². The van der Waals surface area contributed by atoms with E-state index in [-0.39, 0.29) is 11.7 Å². The molecule has 0 atom stereocenters. The van der Waals surface area contributed by atoms with E-state index < -0.39 is 0 Å². The van der Waals surface area contributed by atoms with E-state index in [0.717, 1.165) is 49.3 Å². The lowest BCUT2D eigenvalue weighted by atomic mass is 10.1. The Morgan fingerprint density at radius 2 is 1.76 bits per heavy atom. The molecule has 1 amide bonds. The van der Waals surface area contributed by atoms with Gasteiger partial charge in [0.2, 0.25) is 5.78 Å². The van der Waals surface area contributed by atoms with Gasteiger partial charge in [0.1, 0.15) is 11.5 Å². The van der Waals surface area contributed by atoms with Crippen LogP contribution in [0.4, 0.5) is 5.69 Å². The first kappa shape index (κ1) is 20.9. The highest BCUT2D eigenvalue weighted by atomic mass is 16.2. The van der Waals surface area contributed by atoms with Crippen molar-refractivity contribution in [1.29, 1.82) is 0 Å². The molecule has 7 heteroatoms. The first-order valence-corrected chi connectivity index (χ1v) is 11.2. The summed E-state index contributed by atoms with van der Waals surface area (Å²) < 4.78 is 3.89. The van der Waals surface area contributed by atoms with Crippen LogP contribution in [0.2, 0.25) is 0 Å². The van der Waals surface area contributed by atoms with Gasteiger partial charge in [0.05, 0.1) is 5.69 Å². The molecule has 166 valence electrons. The zero-order chi connectivity index (χ0) is 22.8. The lowest BCUT2D eigenvalue weighted by molar-refractivity contribution is 0.101. The predicted molar refractivity (Wildman–Crippen MR) is 126 cm³/mol. The number of aromatic nitrogens is 4. The van der Waals surface area contributed by atoms with Crippen molar-refractivity contribution in [1.82, 2.24) is 19.1 Å². The Kier molecular flexibility index (Phi) is 5.60. The monoisotopic (exact) mass is 439 g/mol. The summed E-state index contributed by atoms with van der Waals surface area (Å²) in [5.41, 5.74) is 3.61. The zero-order valence-corrected chi connectivity index (χ0v) is 18.5. The summed E-state index contributed by atoms with van der Waals surface area (Å²) in [6, 6.07) is 16.9. The number of fused-ring (bicyclic) bond motifs is 1. The number of hydrogen-bond acceptors (Lipinski definition) is 4. The standard InChI is InChI=1S/C26H25N5O2/c1-30-17-15-27-25(30)23(32)18-11-13-20(14-12-18)28-26(33)22-21-10-6-3-7-16-31(21)24(29-22)19-8-4-2-5-9-19/h2,4-5,8-9,11-15,17H,3,6-7,10,16H2,1H3,(H,28,33). The molecule has 0 saturated carbocycles. The van der Waals surface area contributed by atoms with Crippen molar-refractivity contribution in [3.63, 3.8) is 0 Å². The van der Waals surface area contributed by atoms with E-state index in [1.165, 1.54) is 0 Å². The Morgan fingerprint density at radius 3 is 2.48 bits per heavy atom. The molecule has 5 rings (SSSR count). The molecule has 0 aliphatic carbocycles. The Morgan fingerprint density at radius 1 is 0.970 bits per heavy atom. The van der Waals surface area contributed by atoms with Crippen LogP contribution >= 0.6 is 0 Å². The molecule has 1 N–H and O–H groups in total. The van der Waals surface area contributed by atoms with Gasteiger partial charge in [0, 0.05) is 42.8 Å². The minimum atomic E-state index is -0.231. The van der Waals surface area contributed by atoms with E-state index >= 15 is 0 Å².